The average Bonchev–Trinajstić information content (AvgIpc) is 2.46. The van der Waals surface area contributed by atoms with Crippen molar-refractivity contribution in [1.29, 1.82) is 0 Å². The minimum atomic E-state index is -0.232. The van der Waals surface area contributed by atoms with Crippen LogP contribution in [-0.4, -0.2) is 13.2 Å². The third kappa shape index (κ3) is 2.30. The molecule has 1 fully saturated rings. The Morgan fingerprint density at radius 3 is 2.47 bits per heavy atom. The van der Waals surface area contributed by atoms with Gasteiger partial charge in [-0.25, -0.2) is 0 Å². The molecule has 0 bridgehead atoms. The van der Waals surface area contributed by atoms with E-state index in [1.54, 1.807) is 0 Å². The van der Waals surface area contributed by atoms with Gasteiger partial charge in [0.25, 0.3) is 0 Å². The van der Waals surface area contributed by atoms with E-state index in [4.69, 9.17) is 26.8 Å². The standard InChI is InChI=1S/C15H20ClNO2/c1-14(2)8-18-12-7-10(15(17)4-3-5-15)6-11(16)13(12)19-9-14/h6-7H,3-5,8-9,17H2,1-2H3. The fraction of sp³-hybridized carbons (Fsp3) is 0.600. The second-order valence-electron chi connectivity index (χ2n) is 6.54. The largest absolute Gasteiger partial charge is 0.489 e. The van der Waals surface area contributed by atoms with Gasteiger partial charge in [0.15, 0.2) is 11.5 Å². The number of ether oxygens (including phenoxy) is 2. The summed E-state index contributed by atoms with van der Waals surface area (Å²) in [4.78, 5) is 0. The van der Waals surface area contributed by atoms with Crippen LogP contribution in [0.4, 0.5) is 0 Å². The lowest BCUT2D eigenvalue weighted by atomic mass is 9.73. The molecule has 0 unspecified atom stereocenters. The van der Waals surface area contributed by atoms with Gasteiger partial charge in [-0.1, -0.05) is 25.4 Å². The highest BCUT2D eigenvalue weighted by atomic mass is 35.5. The molecular formula is C15H20ClNO2. The molecule has 1 aliphatic heterocycles. The van der Waals surface area contributed by atoms with Crippen molar-refractivity contribution in [3.8, 4) is 11.5 Å². The maximum Gasteiger partial charge on any atom is 0.179 e. The Labute approximate surface area is 119 Å². The molecule has 1 aromatic carbocycles. The van der Waals surface area contributed by atoms with Crippen LogP contribution >= 0.6 is 11.6 Å². The van der Waals surface area contributed by atoms with Crippen LogP contribution in [0.1, 0.15) is 38.7 Å². The van der Waals surface area contributed by atoms with Crippen LogP contribution in [0.3, 0.4) is 0 Å². The van der Waals surface area contributed by atoms with Crippen LogP contribution in [0.2, 0.25) is 5.02 Å². The minimum absolute atomic E-state index is 0.0145. The molecule has 1 heterocycles. The predicted octanol–water partition coefficient (Wildman–Crippen LogP) is 3.48. The molecule has 4 heteroatoms. The topological polar surface area (TPSA) is 44.5 Å². The second-order valence-corrected chi connectivity index (χ2v) is 6.94. The molecule has 3 rings (SSSR count). The summed E-state index contributed by atoms with van der Waals surface area (Å²) in [5.41, 5.74) is 7.18. The third-order valence-corrected chi connectivity index (χ3v) is 4.34. The molecule has 0 saturated heterocycles. The molecule has 19 heavy (non-hydrogen) atoms. The fourth-order valence-electron chi connectivity index (χ4n) is 2.53. The molecule has 0 radical (unpaired) electrons. The van der Waals surface area contributed by atoms with Crippen molar-refractivity contribution in [3.63, 3.8) is 0 Å². The molecule has 0 spiro atoms. The van der Waals surface area contributed by atoms with E-state index in [1.807, 2.05) is 12.1 Å². The van der Waals surface area contributed by atoms with Gasteiger partial charge in [0.2, 0.25) is 0 Å². The van der Waals surface area contributed by atoms with E-state index in [-0.39, 0.29) is 11.0 Å². The van der Waals surface area contributed by atoms with Crippen LogP contribution in [0.25, 0.3) is 0 Å². The zero-order valence-corrected chi connectivity index (χ0v) is 12.2. The first kappa shape index (κ1) is 13.1. The number of benzene rings is 1. The van der Waals surface area contributed by atoms with Gasteiger partial charge in [0.1, 0.15) is 0 Å². The molecule has 2 aliphatic rings. The number of halogens is 1. The lowest BCUT2D eigenvalue weighted by Gasteiger charge is -2.39. The van der Waals surface area contributed by atoms with E-state index in [0.717, 1.165) is 24.2 Å². The first-order valence-electron chi connectivity index (χ1n) is 6.78. The van der Waals surface area contributed by atoms with Gasteiger partial charge in [-0.05, 0) is 37.0 Å². The third-order valence-electron chi connectivity index (χ3n) is 4.06. The van der Waals surface area contributed by atoms with E-state index in [1.165, 1.54) is 6.42 Å². The monoisotopic (exact) mass is 281 g/mol. The maximum absolute atomic E-state index is 6.36. The van der Waals surface area contributed by atoms with Crippen molar-refractivity contribution >= 4 is 11.6 Å². The summed E-state index contributed by atoms with van der Waals surface area (Å²) < 4.78 is 11.7. The lowest BCUT2D eigenvalue weighted by molar-refractivity contribution is 0.140. The first-order valence-corrected chi connectivity index (χ1v) is 7.16. The molecule has 0 amide bonds. The summed E-state index contributed by atoms with van der Waals surface area (Å²) in [6, 6.07) is 3.93. The van der Waals surface area contributed by atoms with E-state index in [9.17, 15) is 0 Å². The summed E-state index contributed by atoms with van der Waals surface area (Å²) >= 11 is 6.34. The SMILES string of the molecule is CC1(C)COc2cc(C3(N)CCC3)cc(Cl)c2OC1. The molecule has 3 nitrogen and oxygen atoms in total. The number of nitrogens with two attached hydrogens (primary N) is 1. The van der Waals surface area contributed by atoms with Gasteiger partial charge < -0.3 is 15.2 Å². The van der Waals surface area contributed by atoms with Crippen LogP contribution in [-0.2, 0) is 5.54 Å². The molecule has 1 aromatic rings. The number of hydrogen-bond acceptors (Lipinski definition) is 3. The van der Waals surface area contributed by atoms with Crippen LogP contribution in [0, 0.1) is 5.41 Å². The Kier molecular flexibility index (Phi) is 2.95. The highest BCUT2D eigenvalue weighted by Crippen LogP contribution is 2.46. The molecule has 0 aromatic heterocycles. The summed E-state index contributed by atoms with van der Waals surface area (Å²) in [6.07, 6.45) is 3.19. The molecule has 104 valence electrons. The van der Waals surface area contributed by atoms with E-state index < -0.39 is 0 Å². The second kappa shape index (κ2) is 4.29. The zero-order chi connectivity index (χ0) is 13.7. The van der Waals surface area contributed by atoms with E-state index >= 15 is 0 Å². The quantitative estimate of drug-likeness (QED) is 0.857. The normalized spacial score (nSPS) is 23.4. The van der Waals surface area contributed by atoms with Crippen LogP contribution in [0.15, 0.2) is 12.1 Å². The molecule has 0 atom stereocenters. The highest BCUT2D eigenvalue weighted by Gasteiger charge is 2.36. The van der Waals surface area contributed by atoms with Gasteiger partial charge >= 0.3 is 0 Å². The van der Waals surface area contributed by atoms with Gasteiger partial charge in [0.05, 0.1) is 18.2 Å². The number of hydrogen-bond donors (Lipinski definition) is 1. The Bertz CT molecular complexity index is 509. The number of rotatable bonds is 1. The summed E-state index contributed by atoms with van der Waals surface area (Å²) in [6.45, 7) is 5.46. The fourth-order valence-corrected chi connectivity index (χ4v) is 2.80. The zero-order valence-electron chi connectivity index (χ0n) is 11.5. The van der Waals surface area contributed by atoms with Crippen molar-refractivity contribution in [1.82, 2.24) is 0 Å². The summed E-state index contributed by atoms with van der Waals surface area (Å²) in [5.74, 6) is 1.38. The molecule has 1 saturated carbocycles. The Morgan fingerprint density at radius 1 is 1.16 bits per heavy atom. The first-order chi connectivity index (χ1) is 8.90. The van der Waals surface area contributed by atoms with Gasteiger partial charge in [-0.15, -0.1) is 0 Å². The van der Waals surface area contributed by atoms with Crippen molar-refractivity contribution in [2.75, 3.05) is 13.2 Å². The Hall–Kier alpha value is -0.930. The highest BCUT2D eigenvalue weighted by molar-refractivity contribution is 6.32. The van der Waals surface area contributed by atoms with Gasteiger partial charge in [-0.2, -0.15) is 0 Å². The van der Waals surface area contributed by atoms with Crippen molar-refractivity contribution < 1.29 is 9.47 Å². The lowest BCUT2D eigenvalue weighted by Crippen LogP contribution is -2.43. The van der Waals surface area contributed by atoms with Crippen LogP contribution < -0.4 is 15.2 Å². The molecule has 2 N–H and O–H groups in total. The van der Waals surface area contributed by atoms with Crippen molar-refractivity contribution in [3.05, 3.63) is 22.7 Å². The Balaban J connectivity index is 1.98. The van der Waals surface area contributed by atoms with Crippen molar-refractivity contribution in [2.24, 2.45) is 11.1 Å². The Morgan fingerprint density at radius 2 is 1.84 bits per heavy atom. The van der Waals surface area contributed by atoms with Crippen molar-refractivity contribution in [2.45, 2.75) is 38.6 Å². The maximum atomic E-state index is 6.36. The number of fused-ring (bicyclic) bond motifs is 1. The van der Waals surface area contributed by atoms with E-state index in [0.29, 0.717) is 24.0 Å². The van der Waals surface area contributed by atoms with Crippen LogP contribution in [0.5, 0.6) is 11.5 Å². The predicted molar refractivity (Wildman–Crippen MR) is 75.9 cm³/mol. The summed E-state index contributed by atoms with van der Waals surface area (Å²) in [5, 5.41) is 0.599. The van der Waals surface area contributed by atoms with E-state index in [2.05, 4.69) is 13.8 Å². The van der Waals surface area contributed by atoms with Gasteiger partial charge in [0, 0.05) is 11.0 Å². The minimum Gasteiger partial charge on any atom is -0.489 e. The van der Waals surface area contributed by atoms with Gasteiger partial charge in [-0.3, -0.25) is 0 Å². The summed E-state index contributed by atoms with van der Waals surface area (Å²) in [7, 11) is 0. The molecule has 1 aliphatic carbocycles. The molecular weight excluding hydrogens is 262 g/mol. The average molecular weight is 282 g/mol. The smallest absolute Gasteiger partial charge is 0.179 e.